The first-order valence-corrected chi connectivity index (χ1v) is 8.96. The molecule has 0 aliphatic carbocycles. The molecule has 1 unspecified atom stereocenters. The minimum absolute atomic E-state index is 0.215. The lowest BCUT2D eigenvalue weighted by molar-refractivity contribution is 0.0622. The summed E-state index contributed by atoms with van der Waals surface area (Å²) in [5, 5.41) is 3.37. The Hall–Kier alpha value is -1.11. The van der Waals surface area contributed by atoms with Gasteiger partial charge in [-0.1, -0.05) is 19.1 Å². The Labute approximate surface area is 127 Å². The molecule has 0 aromatic heterocycles. The molecule has 118 valence electrons. The molecular formula is C15H24N2O3S. The largest absolute Gasteiger partial charge is 0.381 e. The normalized spacial score (nSPS) is 18.4. The maximum Gasteiger partial charge on any atom is 0.242 e. The summed E-state index contributed by atoms with van der Waals surface area (Å²) < 4.78 is 32.4. The van der Waals surface area contributed by atoms with Gasteiger partial charge in [0.1, 0.15) is 4.90 Å². The number of hydrogen-bond donors (Lipinski definition) is 2. The molecule has 0 amide bonds. The Morgan fingerprint density at radius 1 is 1.29 bits per heavy atom. The Morgan fingerprint density at radius 3 is 2.62 bits per heavy atom. The molecule has 1 aromatic carbocycles. The van der Waals surface area contributed by atoms with E-state index in [1.807, 2.05) is 12.1 Å². The van der Waals surface area contributed by atoms with E-state index >= 15 is 0 Å². The Kier molecular flexibility index (Phi) is 5.61. The second-order valence-electron chi connectivity index (χ2n) is 5.38. The van der Waals surface area contributed by atoms with Crippen molar-refractivity contribution in [3.63, 3.8) is 0 Å². The average molecular weight is 312 g/mol. The van der Waals surface area contributed by atoms with Crippen molar-refractivity contribution in [2.75, 3.05) is 25.1 Å². The van der Waals surface area contributed by atoms with E-state index in [-0.39, 0.29) is 6.04 Å². The van der Waals surface area contributed by atoms with Crippen molar-refractivity contribution in [2.45, 2.75) is 37.6 Å². The molecule has 1 saturated heterocycles. The first-order chi connectivity index (χ1) is 10.0. The smallest absolute Gasteiger partial charge is 0.242 e. The summed E-state index contributed by atoms with van der Waals surface area (Å²) in [5.74, 6) is 0.508. The van der Waals surface area contributed by atoms with Crippen LogP contribution in [-0.4, -0.2) is 34.2 Å². The highest BCUT2D eigenvalue weighted by Crippen LogP contribution is 2.26. The van der Waals surface area contributed by atoms with Crippen molar-refractivity contribution in [1.82, 2.24) is 4.72 Å². The van der Waals surface area contributed by atoms with E-state index in [0.717, 1.165) is 26.1 Å². The van der Waals surface area contributed by atoms with Crippen molar-refractivity contribution >= 4 is 15.7 Å². The van der Waals surface area contributed by atoms with Gasteiger partial charge in [0, 0.05) is 25.8 Å². The summed E-state index contributed by atoms with van der Waals surface area (Å²) in [6, 6.07) is 7.27. The summed E-state index contributed by atoms with van der Waals surface area (Å²) in [4.78, 5) is 0.311. The lowest BCUT2D eigenvalue weighted by Gasteiger charge is -2.29. The number of benzene rings is 1. The molecule has 5 nitrogen and oxygen atoms in total. The number of sulfonamides is 1. The van der Waals surface area contributed by atoms with Crippen LogP contribution in [-0.2, 0) is 14.8 Å². The molecule has 1 fully saturated rings. The molecule has 1 heterocycles. The summed E-state index contributed by atoms with van der Waals surface area (Å²) in [7, 11) is -3.45. The van der Waals surface area contributed by atoms with Crippen LogP contribution < -0.4 is 10.0 Å². The standard InChI is InChI=1S/C15H24N2O3S/c1-3-16-21(18,19)15-7-5-4-6-14(15)17-12(2)13-8-10-20-11-9-13/h4-7,12-13,16-17H,3,8-11H2,1-2H3. The van der Waals surface area contributed by atoms with E-state index in [1.165, 1.54) is 0 Å². The molecule has 0 radical (unpaired) electrons. The zero-order chi connectivity index (χ0) is 15.3. The minimum Gasteiger partial charge on any atom is -0.381 e. The van der Waals surface area contributed by atoms with Gasteiger partial charge < -0.3 is 10.1 Å². The van der Waals surface area contributed by atoms with E-state index in [1.54, 1.807) is 19.1 Å². The van der Waals surface area contributed by atoms with Crippen LogP contribution in [0.5, 0.6) is 0 Å². The van der Waals surface area contributed by atoms with Crippen LogP contribution in [0.4, 0.5) is 5.69 Å². The van der Waals surface area contributed by atoms with Gasteiger partial charge in [0.05, 0.1) is 5.69 Å². The molecule has 1 aliphatic rings. The summed E-state index contributed by atoms with van der Waals surface area (Å²) in [6.07, 6.45) is 2.02. The van der Waals surface area contributed by atoms with Crippen molar-refractivity contribution in [1.29, 1.82) is 0 Å². The number of ether oxygens (including phenoxy) is 1. The molecule has 0 bridgehead atoms. The molecular weight excluding hydrogens is 288 g/mol. The molecule has 1 aromatic rings. The molecule has 2 N–H and O–H groups in total. The quantitative estimate of drug-likeness (QED) is 0.845. The van der Waals surface area contributed by atoms with Gasteiger partial charge in [0.15, 0.2) is 0 Å². The maximum absolute atomic E-state index is 12.2. The van der Waals surface area contributed by atoms with Crippen LogP contribution >= 0.6 is 0 Å². The fraction of sp³-hybridized carbons (Fsp3) is 0.600. The van der Waals surface area contributed by atoms with Gasteiger partial charge in [-0.15, -0.1) is 0 Å². The number of rotatable bonds is 6. The number of hydrogen-bond acceptors (Lipinski definition) is 4. The molecule has 1 atom stereocenters. The molecule has 6 heteroatoms. The Balaban J connectivity index is 2.16. The second kappa shape index (κ2) is 7.24. The van der Waals surface area contributed by atoms with E-state index in [0.29, 0.717) is 23.0 Å². The lowest BCUT2D eigenvalue weighted by atomic mass is 9.93. The van der Waals surface area contributed by atoms with Crippen LogP contribution in [0.1, 0.15) is 26.7 Å². The molecule has 0 spiro atoms. The predicted molar refractivity (Wildman–Crippen MR) is 83.9 cm³/mol. The highest BCUT2D eigenvalue weighted by Gasteiger charge is 2.23. The average Bonchev–Trinajstić information content (AvgIpc) is 2.48. The zero-order valence-corrected chi connectivity index (χ0v) is 13.4. The van der Waals surface area contributed by atoms with E-state index < -0.39 is 10.0 Å². The topological polar surface area (TPSA) is 67.4 Å². The van der Waals surface area contributed by atoms with Crippen LogP contribution in [0.15, 0.2) is 29.2 Å². The zero-order valence-electron chi connectivity index (χ0n) is 12.6. The summed E-state index contributed by atoms with van der Waals surface area (Å²) in [5.41, 5.74) is 0.664. The number of para-hydroxylation sites is 1. The molecule has 1 aliphatic heterocycles. The fourth-order valence-corrected chi connectivity index (χ4v) is 3.88. The Morgan fingerprint density at radius 2 is 1.95 bits per heavy atom. The minimum atomic E-state index is -3.45. The third-order valence-electron chi connectivity index (χ3n) is 3.87. The number of nitrogens with one attached hydrogen (secondary N) is 2. The van der Waals surface area contributed by atoms with E-state index in [9.17, 15) is 8.42 Å². The van der Waals surface area contributed by atoms with Gasteiger partial charge in [-0.2, -0.15) is 0 Å². The van der Waals surface area contributed by atoms with E-state index in [4.69, 9.17) is 4.74 Å². The van der Waals surface area contributed by atoms with Gasteiger partial charge in [-0.05, 0) is 37.8 Å². The van der Waals surface area contributed by atoms with Gasteiger partial charge in [0.2, 0.25) is 10.0 Å². The first-order valence-electron chi connectivity index (χ1n) is 7.47. The third-order valence-corrected chi connectivity index (χ3v) is 5.47. The Bertz CT molecular complexity index is 554. The number of anilines is 1. The van der Waals surface area contributed by atoms with Gasteiger partial charge in [0.25, 0.3) is 0 Å². The lowest BCUT2D eigenvalue weighted by Crippen LogP contribution is -2.32. The summed E-state index contributed by atoms with van der Waals surface area (Å²) >= 11 is 0. The molecule has 0 saturated carbocycles. The third kappa shape index (κ3) is 4.18. The van der Waals surface area contributed by atoms with Gasteiger partial charge in [-0.3, -0.25) is 0 Å². The second-order valence-corrected chi connectivity index (χ2v) is 7.12. The van der Waals surface area contributed by atoms with Crippen LogP contribution in [0, 0.1) is 5.92 Å². The van der Waals surface area contributed by atoms with E-state index in [2.05, 4.69) is 17.0 Å². The molecule has 21 heavy (non-hydrogen) atoms. The summed E-state index contributed by atoms with van der Waals surface area (Å²) in [6.45, 7) is 5.83. The van der Waals surface area contributed by atoms with Crippen molar-refractivity contribution < 1.29 is 13.2 Å². The monoisotopic (exact) mass is 312 g/mol. The van der Waals surface area contributed by atoms with Crippen LogP contribution in [0.3, 0.4) is 0 Å². The molecule has 2 rings (SSSR count). The highest BCUT2D eigenvalue weighted by atomic mass is 32.2. The highest BCUT2D eigenvalue weighted by molar-refractivity contribution is 7.89. The van der Waals surface area contributed by atoms with Crippen molar-refractivity contribution in [3.8, 4) is 0 Å². The van der Waals surface area contributed by atoms with Crippen molar-refractivity contribution in [2.24, 2.45) is 5.92 Å². The maximum atomic E-state index is 12.2. The van der Waals surface area contributed by atoms with Crippen LogP contribution in [0.2, 0.25) is 0 Å². The fourth-order valence-electron chi connectivity index (χ4n) is 2.67. The SMILES string of the molecule is CCNS(=O)(=O)c1ccccc1NC(C)C1CCOCC1. The van der Waals surface area contributed by atoms with Gasteiger partial charge in [-0.25, -0.2) is 13.1 Å². The first kappa shape index (κ1) is 16.3. The van der Waals surface area contributed by atoms with Crippen molar-refractivity contribution in [3.05, 3.63) is 24.3 Å². The van der Waals surface area contributed by atoms with Crippen LogP contribution in [0.25, 0.3) is 0 Å². The predicted octanol–water partition coefficient (Wildman–Crippen LogP) is 2.21. The van der Waals surface area contributed by atoms with Gasteiger partial charge >= 0.3 is 0 Å².